The fourth-order valence-electron chi connectivity index (χ4n) is 2.95. The number of rotatable bonds is 3. The Morgan fingerprint density at radius 1 is 1.21 bits per heavy atom. The molecule has 0 radical (unpaired) electrons. The van der Waals surface area contributed by atoms with Gasteiger partial charge in [0.15, 0.2) is 0 Å². The Labute approximate surface area is 139 Å². The van der Waals surface area contributed by atoms with Crippen LogP contribution in [0, 0.1) is 13.8 Å². The molecule has 5 heteroatoms. The quantitative estimate of drug-likeness (QED) is 0.695. The van der Waals surface area contributed by atoms with Crippen molar-refractivity contribution < 1.29 is 9.53 Å². The smallest absolute Gasteiger partial charge is 0.338 e. The summed E-state index contributed by atoms with van der Waals surface area (Å²) in [7, 11) is 0. The zero-order chi connectivity index (χ0) is 17.3. The molecule has 0 fully saturated rings. The molecule has 0 aliphatic heterocycles. The van der Waals surface area contributed by atoms with Crippen molar-refractivity contribution in [2.75, 3.05) is 6.61 Å². The number of carbonyl (C=O) groups excluding carboxylic acids is 1. The highest BCUT2D eigenvalue weighted by Crippen LogP contribution is 2.23. The molecule has 1 aromatic heterocycles. The van der Waals surface area contributed by atoms with Crippen LogP contribution in [0.15, 0.2) is 47.4 Å². The maximum atomic E-state index is 12.9. The first-order valence-electron chi connectivity index (χ1n) is 7.79. The molecule has 0 N–H and O–H groups in total. The number of ether oxygens (including phenoxy) is 1. The fraction of sp³-hybridized carbons (Fsp3) is 0.211. The first-order chi connectivity index (χ1) is 11.5. The third kappa shape index (κ3) is 2.58. The zero-order valence-electron chi connectivity index (χ0n) is 13.9. The molecule has 3 aromatic rings. The number of para-hydroxylation sites is 1. The van der Waals surface area contributed by atoms with Crippen molar-refractivity contribution in [2.24, 2.45) is 0 Å². The third-order valence-corrected chi connectivity index (χ3v) is 4.00. The number of nitrogens with zero attached hydrogens (tertiary/aromatic N) is 2. The van der Waals surface area contributed by atoms with Gasteiger partial charge < -0.3 is 4.74 Å². The van der Waals surface area contributed by atoms with Crippen molar-refractivity contribution in [3.05, 3.63) is 69.6 Å². The summed E-state index contributed by atoms with van der Waals surface area (Å²) in [6.07, 6.45) is 1.65. The number of hydrogen-bond acceptors (Lipinski definition) is 4. The SMILES string of the molecule is CCOC(=O)c1c(C)cc2cnn(-c3ccccc3)c(=O)c2c1C. The molecule has 0 spiro atoms. The maximum Gasteiger partial charge on any atom is 0.338 e. The minimum absolute atomic E-state index is 0.248. The number of carbonyl (C=O) groups is 1. The van der Waals surface area contributed by atoms with Crippen LogP contribution in [0.4, 0.5) is 0 Å². The van der Waals surface area contributed by atoms with Crippen molar-refractivity contribution >= 4 is 16.7 Å². The summed E-state index contributed by atoms with van der Waals surface area (Å²) in [5.74, 6) is -0.406. The number of hydrogen-bond donors (Lipinski definition) is 0. The molecular weight excluding hydrogens is 304 g/mol. The van der Waals surface area contributed by atoms with Crippen LogP contribution in [0.25, 0.3) is 16.5 Å². The number of esters is 1. The Balaban J connectivity index is 2.31. The van der Waals surface area contributed by atoms with E-state index < -0.39 is 5.97 Å². The average Bonchev–Trinajstić information content (AvgIpc) is 2.55. The van der Waals surface area contributed by atoms with E-state index in [9.17, 15) is 9.59 Å². The monoisotopic (exact) mass is 322 g/mol. The molecular formula is C19H18N2O3. The predicted octanol–water partition coefficient (Wildman–Crippen LogP) is 3.18. The van der Waals surface area contributed by atoms with Crippen LogP contribution in [-0.2, 0) is 4.74 Å². The van der Waals surface area contributed by atoms with Gasteiger partial charge in [0.25, 0.3) is 5.56 Å². The second-order valence-corrected chi connectivity index (χ2v) is 5.58. The zero-order valence-corrected chi connectivity index (χ0v) is 13.9. The Morgan fingerprint density at radius 2 is 1.92 bits per heavy atom. The molecule has 122 valence electrons. The first-order valence-corrected chi connectivity index (χ1v) is 7.79. The highest BCUT2D eigenvalue weighted by atomic mass is 16.5. The van der Waals surface area contributed by atoms with E-state index in [1.807, 2.05) is 37.3 Å². The molecule has 0 amide bonds. The number of aryl methyl sites for hydroxylation is 2. The van der Waals surface area contributed by atoms with E-state index in [2.05, 4.69) is 5.10 Å². The molecule has 3 rings (SSSR count). The molecule has 0 unspecified atom stereocenters. The van der Waals surface area contributed by atoms with Gasteiger partial charge in [0.1, 0.15) is 0 Å². The van der Waals surface area contributed by atoms with Gasteiger partial charge in [-0.25, -0.2) is 4.79 Å². The average molecular weight is 322 g/mol. The van der Waals surface area contributed by atoms with Crippen molar-refractivity contribution in [1.29, 1.82) is 0 Å². The second-order valence-electron chi connectivity index (χ2n) is 5.58. The Hall–Kier alpha value is -2.95. The van der Waals surface area contributed by atoms with Gasteiger partial charge in [0.05, 0.1) is 29.4 Å². The molecule has 0 aliphatic rings. The first kappa shape index (κ1) is 15.9. The van der Waals surface area contributed by atoms with E-state index in [0.717, 1.165) is 10.9 Å². The molecule has 2 aromatic carbocycles. The van der Waals surface area contributed by atoms with E-state index >= 15 is 0 Å². The van der Waals surface area contributed by atoms with Crippen molar-refractivity contribution in [3.8, 4) is 5.69 Å². The third-order valence-electron chi connectivity index (χ3n) is 4.00. The lowest BCUT2D eigenvalue weighted by Gasteiger charge is -2.13. The van der Waals surface area contributed by atoms with Gasteiger partial charge in [0, 0.05) is 5.39 Å². The summed E-state index contributed by atoms with van der Waals surface area (Å²) in [6, 6.07) is 11.0. The van der Waals surface area contributed by atoms with Gasteiger partial charge in [-0.2, -0.15) is 9.78 Å². The van der Waals surface area contributed by atoms with E-state index in [1.165, 1.54) is 4.68 Å². The van der Waals surface area contributed by atoms with Gasteiger partial charge in [-0.05, 0) is 50.1 Å². The van der Waals surface area contributed by atoms with E-state index in [0.29, 0.717) is 28.8 Å². The molecule has 0 atom stereocenters. The van der Waals surface area contributed by atoms with Crippen LogP contribution in [0.1, 0.15) is 28.4 Å². The Kier molecular flexibility index (Phi) is 4.16. The van der Waals surface area contributed by atoms with Gasteiger partial charge in [-0.1, -0.05) is 18.2 Å². The molecule has 1 heterocycles. The second kappa shape index (κ2) is 6.28. The minimum Gasteiger partial charge on any atom is -0.462 e. The lowest BCUT2D eigenvalue weighted by Crippen LogP contribution is -2.22. The molecule has 0 aliphatic carbocycles. The van der Waals surface area contributed by atoms with Gasteiger partial charge in [-0.3, -0.25) is 4.79 Å². The lowest BCUT2D eigenvalue weighted by molar-refractivity contribution is 0.0525. The molecule has 5 nitrogen and oxygen atoms in total. The Morgan fingerprint density at radius 3 is 2.58 bits per heavy atom. The lowest BCUT2D eigenvalue weighted by atomic mass is 9.97. The number of benzene rings is 2. The summed E-state index contributed by atoms with van der Waals surface area (Å²) in [4.78, 5) is 25.2. The van der Waals surface area contributed by atoms with Crippen LogP contribution in [0.2, 0.25) is 0 Å². The van der Waals surface area contributed by atoms with E-state index in [1.54, 1.807) is 26.1 Å². The predicted molar refractivity (Wildman–Crippen MR) is 92.8 cm³/mol. The van der Waals surface area contributed by atoms with Crippen molar-refractivity contribution in [3.63, 3.8) is 0 Å². The largest absolute Gasteiger partial charge is 0.462 e. The number of fused-ring (bicyclic) bond motifs is 1. The Bertz CT molecular complexity index is 975. The summed E-state index contributed by atoms with van der Waals surface area (Å²) in [5.41, 5.74) is 2.29. The topological polar surface area (TPSA) is 61.2 Å². The van der Waals surface area contributed by atoms with Gasteiger partial charge in [-0.15, -0.1) is 0 Å². The maximum absolute atomic E-state index is 12.9. The van der Waals surface area contributed by atoms with E-state index in [-0.39, 0.29) is 5.56 Å². The summed E-state index contributed by atoms with van der Waals surface area (Å²) in [6.45, 7) is 5.66. The summed E-state index contributed by atoms with van der Waals surface area (Å²) in [5, 5.41) is 5.46. The van der Waals surface area contributed by atoms with Crippen LogP contribution in [0.3, 0.4) is 0 Å². The molecule has 0 saturated heterocycles. The fourth-order valence-corrected chi connectivity index (χ4v) is 2.95. The molecule has 24 heavy (non-hydrogen) atoms. The van der Waals surface area contributed by atoms with Crippen molar-refractivity contribution in [2.45, 2.75) is 20.8 Å². The highest BCUT2D eigenvalue weighted by Gasteiger charge is 2.19. The molecule has 0 saturated carbocycles. The number of aromatic nitrogens is 2. The van der Waals surface area contributed by atoms with Crippen LogP contribution in [0.5, 0.6) is 0 Å². The normalized spacial score (nSPS) is 10.8. The standard InChI is InChI=1S/C19H18N2O3/c1-4-24-19(23)16-12(2)10-14-11-20-21(15-8-6-5-7-9-15)18(22)17(14)13(16)3/h5-11H,4H2,1-3H3. The molecule has 0 bridgehead atoms. The van der Waals surface area contributed by atoms with Crippen LogP contribution < -0.4 is 5.56 Å². The summed E-state index contributed by atoms with van der Waals surface area (Å²) >= 11 is 0. The summed E-state index contributed by atoms with van der Waals surface area (Å²) < 4.78 is 6.48. The van der Waals surface area contributed by atoms with Crippen LogP contribution in [-0.4, -0.2) is 22.4 Å². The van der Waals surface area contributed by atoms with E-state index in [4.69, 9.17) is 4.74 Å². The highest BCUT2D eigenvalue weighted by molar-refractivity contribution is 5.99. The minimum atomic E-state index is -0.406. The van der Waals surface area contributed by atoms with Gasteiger partial charge in [0.2, 0.25) is 0 Å². The van der Waals surface area contributed by atoms with Crippen molar-refractivity contribution in [1.82, 2.24) is 9.78 Å². The van der Waals surface area contributed by atoms with Gasteiger partial charge >= 0.3 is 5.97 Å². The van der Waals surface area contributed by atoms with Crippen LogP contribution >= 0.6 is 0 Å².